The largest absolute Gasteiger partial charge is 0.379 e. The Labute approximate surface area is 222 Å². The van der Waals surface area contributed by atoms with E-state index in [1.54, 1.807) is 13.8 Å². The third-order valence-corrected chi connectivity index (χ3v) is 7.15. The summed E-state index contributed by atoms with van der Waals surface area (Å²) in [5.41, 5.74) is 0.0334. The molecule has 10 nitrogen and oxygen atoms in total. The summed E-state index contributed by atoms with van der Waals surface area (Å²) in [5.74, 6) is -0.899. The lowest BCUT2D eigenvalue weighted by atomic mass is 9.94. The van der Waals surface area contributed by atoms with Gasteiger partial charge < -0.3 is 25.4 Å². The Morgan fingerprint density at radius 3 is 2.30 bits per heavy atom. The van der Waals surface area contributed by atoms with Gasteiger partial charge >= 0.3 is 0 Å². The van der Waals surface area contributed by atoms with Gasteiger partial charge in [-0.15, -0.1) is 0 Å². The highest BCUT2D eigenvalue weighted by atomic mass is 16.6. The van der Waals surface area contributed by atoms with Crippen LogP contribution < -0.4 is 16.0 Å². The van der Waals surface area contributed by atoms with Crippen LogP contribution in [0.3, 0.4) is 0 Å². The number of ketones is 1. The summed E-state index contributed by atoms with van der Waals surface area (Å²) in [5, 5.41) is 8.44. The van der Waals surface area contributed by atoms with E-state index in [0.717, 1.165) is 18.4 Å². The molecule has 2 saturated heterocycles. The number of Topliss-reactive ketones (excluding diaryl/α,β-unsaturated/α-hetero) is 1. The van der Waals surface area contributed by atoms with Crippen LogP contribution in [0.4, 0.5) is 0 Å². The zero-order valence-electron chi connectivity index (χ0n) is 21.7. The van der Waals surface area contributed by atoms with Gasteiger partial charge in [0, 0.05) is 17.4 Å². The Balaban J connectivity index is 0.00000267. The van der Waals surface area contributed by atoms with Gasteiger partial charge in [0.15, 0.2) is 5.78 Å². The van der Waals surface area contributed by atoms with E-state index < -0.39 is 35.5 Å². The first-order valence-electron chi connectivity index (χ1n) is 13.2. The maximum atomic E-state index is 13.4. The minimum Gasteiger partial charge on any atom is -0.379 e. The summed E-state index contributed by atoms with van der Waals surface area (Å²) in [6, 6.07) is 7.12. The van der Waals surface area contributed by atoms with Crippen molar-refractivity contribution in [2.24, 2.45) is 5.92 Å². The second-order valence-corrected chi connectivity index (χ2v) is 10.6. The quantitative estimate of drug-likeness (QED) is 0.330. The Kier molecular flexibility index (Phi) is 8.94. The highest BCUT2D eigenvalue weighted by Gasteiger charge is 2.50. The molecule has 1 aliphatic carbocycles. The number of benzene rings is 1. The number of hydrogen-bond acceptors (Lipinski definition) is 7. The Morgan fingerprint density at radius 2 is 1.68 bits per heavy atom. The number of amides is 3. The average Bonchev–Trinajstić information content (AvgIpc) is 3.82. The summed E-state index contributed by atoms with van der Waals surface area (Å²) in [4.78, 5) is 53.9. The van der Waals surface area contributed by atoms with Gasteiger partial charge in [-0.1, -0.05) is 43.2 Å². The first-order chi connectivity index (χ1) is 17.7. The van der Waals surface area contributed by atoms with E-state index in [-0.39, 0.29) is 22.5 Å². The molecule has 3 aliphatic rings. The Hall–Kier alpha value is -2.82. The van der Waals surface area contributed by atoms with Crippen LogP contribution >= 0.6 is 0 Å². The van der Waals surface area contributed by atoms with Crippen molar-refractivity contribution in [2.75, 3.05) is 39.5 Å². The predicted octanol–water partition coefficient (Wildman–Crippen LogP) is 0.932. The number of ether oxygens (including phenoxy) is 2. The van der Waals surface area contributed by atoms with Crippen molar-refractivity contribution in [2.45, 2.75) is 63.3 Å². The van der Waals surface area contributed by atoms with Crippen molar-refractivity contribution in [3.63, 3.8) is 0 Å². The molecule has 3 amide bonds. The number of rotatable bonds is 13. The number of morpholine rings is 1. The van der Waals surface area contributed by atoms with Crippen molar-refractivity contribution in [3.8, 4) is 0 Å². The summed E-state index contributed by atoms with van der Waals surface area (Å²) in [6.45, 7) is 6.36. The fourth-order valence-electron chi connectivity index (χ4n) is 4.48. The van der Waals surface area contributed by atoms with Crippen molar-refractivity contribution >= 4 is 23.5 Å². The molecule has 10 heteroatoms. The molecule has 1 aromatic carbocycles. The van der Waals surface area contributed by atoms with Crippen LogP contribution in [0.15, 0.2) is 30.3 Å². The lowest BCUT2D eigenvalue weighted by Gasteiger charge is -2.27. The zero-order valence-corrected chi connectivity index (χ0v) is 21.7. The van der Waals surface area contributed by atoms with Crippen LogP contribution in [0, 0.1) is 5.92 Å². The number of carbonyl (C=O) groups is 4. The van der Waals surface area contributed by atoms with Crippen molar-refractivity contribution in [1.82, 2.24) is 20.9 Å². The molecule has 2 heterocycles. The van der Waals surface area contributed by atoms with E-state index in [4.69, 9.17) is 9.47 Å². The molecule has 1 aromatic rings. The van der Waals surface area contributed by atoms with E-state index >= 15 is 0 Å². The van der Waals surface area contributed by atoms with E-state index in [0.29, 0.717) is 51.7 Å². The van der Waals surface area contributed by atoms with E-state index in [9.17, 15) is 19.2 Å². The van der Waals surface area contributed by atoms with Gasteiger partial charge in [-0.2, -0.15) is 0 Å². The minimum atomic E-state index is -0.888. The number of nitrogens with zero attached hydrogens (tertiary/aromatic N) is 1. The molecular weight excluding hydrogens is 476 g/mol. The summed E-state index contributed by atoms with van der Waals surface area (Å²) >= 11 is 0. The molecule has 3 N–H and O–H groups in total. The zero-order chi connectivity index (χ0) is 26.4. The summed E-state index contributed by atoms with van der Waals surface area (Å²) < 4.78 is 10.7. The molecule has 0 bridgehead atoms. The third-order valence-electron chi connectivity index (χ3n) is 7.15. The van der Waals surface area contributed by atoms with Gasteiger partial charge in [-0.05, 0) is 38.2 Å². The van der Waals surface area contributed by atoms with Crippen LogP contribution in [0.1, 0.15) is 43.0 Å². The molecule has 0 unspecified atom stereocenters. The van der Waals surface area contributed by atoms with Crippen LogP contribution in [0.25, 0.3) is 0 Å². The summed E-state index contributed by atoms with van der Waals surface area (Å²) in [6.07, 6.45) is 2.84. The second-order valence-electron chi connectivity index (χ2n) is 10.6. The van der Waals surface area contributed by atoms with Gasteiger partial charge in [0.05, 0.1) is 32.4 Å². The molecule has 1 saturated carbocycles. The van der Waals surface area contributed by atoms with Crippen LogP contribution in [-0.4, -0.2) is 91.6 Å². The summed E-state index contributed by atoms with van der Waals surface area (Å²) in [7, 11) is 0. The predicted molar refractivity (Wildman–Crippen MR) is 142 cm³/mol. The van der Waals surface area contributed by atoms with Gasteiger partial charge in [0.25, 0.3) is 0 Å². The van der Waals surface area contributed by atoms with Crippen molar-refractivity contribution < 1.29 is 32.9 Å². The lowest BCUT2D eigenvalue weighted by Crippen LogP contribution is -2.57. The topological polar surface area (TPSA) is 129 Å². The maximum Gasteiger partial charge on any atom is 0.243 e. The number of carbonyl (C=O) groups excluding carboxylic acids is 4. The molecular formula is C27H44N4O6. The molecule has 2 aliphatic heterocycles. The first-order valence-corrected chi connectivity index (χ1v) is 13.2. The lowest BCUT2D eigenvalue weighted by molar-refractivity contribution is -0.134. The second kappa shape index (κ2) is 12.1. The maximum absolute atomic E-state index is 13.4. The molecule has 3 fully saturated rings. The van der Waals surface area contributed by atoms with Crippen LogP contribution in [0.2, 0.25) is 0 Å². The van der Waals surface area contributed by atoms with Crippen LogP contribution in [-0.2, 0) is 35.1 Å². The molecule has 0 aromatic heterocycles. The highest BCUT2D eigenvalue weighted by molar-refractivity contribution is 5.98. The molecule has 4 rings (SSSR count). The fourth-order valence-corrected chi connectivity index (χ4v) is 4.48. The van der Waals surface area contributed by atoms with E-state index in [1.165, 1.54) is 0 Å². The third kappa shape index (κ3) is 8.08. The minimum absolute atomic E-state index is 0. The molecule has 0 radical (unpaired) electrons. The SMILES string of the molecule is C[C@H](NC(=O)CN1CCOCC1)C(=O)N[C@@H](CC1CC1)C(=O)N[C@@H](Cc1ccccc1)C(=O)[C@@]1(C)CO1.[HH].[HH].[HH]. The number of nitrogens with one attached hydrogen (secondary N) is 3. The first kappa shape index (κ1) is 27.2. The van der Waals surface area contributed by atoms with Crippen molar-refractivity contribution in [3.05, 3.63) is 35.9 Å². The number of hydrogen-bond donors (Lipinski definition) is 3. The normalized spacial score (nSPS) is 23.8. The standard InChI is InChI=1S/C27H38N4O6.3H2/c1-18(28-23(32)16-31-10-12-36-13-11-31)25(34)30-22(15-20-8-9-20)26(35)29-21(24(33)27(2)17-37-27)14-19-6-4-3-5-7-19;;;/h3-7,18,20-22H,8-17H2,1-2H3,(H,28,32)(H,29,35)(H,30,34);3*1H/t18-,21-,22-,27+;;;/m0.../s1. The fraction of sp³-hybridized carbons (Fsp3) is 0.630. The van der Waals surface area contributed by atoms with Gasteiger partial charge in [-0.25, -0.2) is 0 Å². The Bertz CT molecular complexity index is 988. The molecule has 208 valence electrons. The smallest absolute Gasteiger partial charge is 0.243 e. The van der Waals surface area contributed by atoms with Gasteiger partial charge in [0.2, 0.25) is 17.7 Å². The van der Waals surface area contributed by atoms with E-state index in [1.807, 2.05) is 35.2 Å². The average molecular weight is 521 g/mol. The molecule has 0 spiro atoms. The van der Waals surface area contributed by atoms with E-state index in [2.05, 4.69) is 16.0 Å². The van der Waals surface area contributed by atoms with Crippen LogP contribution in [0.5, 0.6) is 0 Å². The molecule has 4 atom stereocenters. The van der Waals surface area contributed by atoms with Crippen molar-refractivity contribution in [1.29, 1.82) is 0 Å². The Morgan fingerprint density at radius 1 is 1.03 bits per heavy atom. The highest BCUT2D eigenvalue weighted by Crippen LogP contribution is 2.34. The monoisotopic (exact) mass is 520 g/mol. The molecule has 37 heavy (non-hydrogen) atoms. The number of epoxide rings is 1. The van der Waals surface area contributed by atoms with Gasteiger partial charge in [-0.3, -0.25) is 24.1 Å². The van der Waals surface area contributed by atoms with Gasteiger partial charge in [0.1, 0.15) is 17.7 Å².